The van der Waals surface area contributed by atoms with Gasteiger partial charge in [0.15, 0.2) is 0 Å². The van der Waals surface area contributed by atoms with E-state index in [9.17, 15) is 0 Å². The number of pyridine rings is 1. The number of nitrogens with two attached hydrogens (primary N) is 1. The molecule has 2 N–H and O–H groups in total. The monoisotopic (exact) mass is 390 g/mol. The zero-order valence-corrected chi connectivity index (χ0v) is 18.6. The van der Waals surface area contributed by atoms with Gasteiger partial charge >= 0.3 is 0 Å². The first kappa shape index (κ1) is 20.0. The van der Waals surface area contributed by atoms with E-state index >= 15 is 0 Å². The van der Waals surface area contributed by atoms with Crippen molar-refractivity contribution < 1.29 is 0 Å². The summed E-state index contributed by atoms with van der Waals surface area (Å²) in [5.74, 6) is 1.96. The van der Waals surface area contributed by atoms with Crippen LogP contribution in [0.15, 0.2) is 36.7 Å². The highest BCUT2D eigenvalue weighted by Crippen LogP contribution is 2.44. The number of fused-ring (bicyclic) bond motifs is 2. The Kier molecular flexibility index (Phi) is 5.16. The summed E-state index contributed by atoms with van der Waals surface area (Å²) in [5.41, 5.74) is 13.1. The first-order chi connectivity index (χ1) is 13.8. The second kappa shape index (κ2) is 7.49. The molecule has 1 aromatic carbocycles. The topological polar surface area (TPSA) is 47.1 Å². The van der Waals surface area contributed by atoms with Crippen molar-refractivity contribution in [3.05, 3.63) is 58.9 Å². The fourth-order valence-corrected chi connectivity index (χ4v) is 4.88. The predicted molar refractivity (Wildman–Crippen MR) is 123 cm³/mol. The van der Waals surface area contributed by atoms with Crippen molar-refractivity contribution in [1.29, 1.82) is 0 Å². The molecule has 0 radical (unpaired) electrons. The molecule has 0 amide bonds. The van der Waals surface area contributed by atoms with Crippen LogP contribution >= 0.6 is 0 Å². The summed E-state index contributed by atoms with van der Waals surface area (Å²) in [5, 5.41) is 1.28. The average molecular weight is 391 g/mol. The summed E-state index contributed by atoms with van der Waals surface area (Å²) < 4.78 is 2.37. The molecule has 1 aliphatic heterocycles. The van der Waals surface area contributed by atoms with Crippen LogP contribution in [0.1, 0.15) is 87.7 Å². The van der Waals surface area contributed by atoms with Gasteiger partial charge in [0.25, 0.3) is 0 Å². The Balaban J connectivity index is 1.96. The molecular formula is C25H34N4. The van der Waals surface area contributed by atoms with E-state index in [1.807, 2.05) is 6.20 Å². The van der Waals surface area contributed by atoms with Crippen LogP contribution in [0.4, 0.5) is 5.82 Å². The van der Waals surface area contributed by atoms with Crippen LogP contribution in [0.5, 0.6) is 0 Å². The van der Waals surface area contributed by atoms with Crippen molar-refractivity contribution in [3.63, 3.8) is 0 Å². The Morgan fingerprint density at radius 3 is 2.48 bits per heavy atom. The largest absolute Gasteiger partial charge is 0.356 e. The molecule has 3 aromatic rings. The van der Waals surface area contributed by atoms with Gasteiger partial charge in [0, 0.05) is 60.0 Å². The highest BCUT2D eigenvalue weighted by molar-refractivity contribution is 5.86. The molecular weight excluding hydrogens is 356 g/mol. The minimum atomic E-state index is 0.00193. The van der Waals surface area contributed by atoms with E-state index in [0.29, 0.717) is 17.9 Å². The van der Waals surface area contributed by atoms with Crippen LogP contribution in [0.3, 0.4) is 0 Å². The second-order valence-corrected chi connectivity index (χ2v) is 9.03. The van der Waals surface area contributed by atoms with Crippen LogP contribution in [0.2, 0.25) is 0 Å². The molecule has 2 aromatic heterocycles. The number of hydrogen-bond acceptors (Lipinski definition) is 3. The first-order valence-electron chi connectivity index (χ1n) is 11.0. The van der Waals surface area contributed by atoms with Crippen molar-refractivity contribution in [2.24, 2.45) is 5.73 Å². The summed E-state index contributed by atoms with van der Waals surface area (Å²) in [6, 6.07) is 9.59. The van der Waals surface area contributed by atoms with Gasteiger partial charge in [-0.2, -0.15) is 0 Å². The number of nitrogens with zero attached hydrogens (tertiary/aromatic N) is 3. The van der Waals surface area contributed by atoms with Crippen molar-refractivity contribution in [2.45, 2.75) is 65.5 Å². The molecule has 4 nitrogen and oxygen atoms in total. The summed E-state index contributed by atoms with van der Waals surface area (Å²) >= 11 is 0. The van der Waals surface area contributed by atoms with Gasteiger partial charge < -0.3 is 15.2 Å². The molecule has 2 atom stereocenters. The molecule has 4 rings (SSSR count). The third-order valence-electron chi connectivity index (χ3n) is 6.40. The quantitative estimate of drug-likeness (QED) is 0.605. The predicted octanol–water partition coefficient (Wildman–Crippen LogP) is 5.73. The number of aromatic nitrogens is 2. The number of rotatable bonds is 5. The third-order valence-corrected chi connectivity index (χ3v) is 6.40. The van der Waals surface area contributed by atoms with Crippen LogP contribution in [0, 0.1) is 0 Å². The fourth-order valence-electron chi connectivity index (χ4n) is 4.88. The van der Waals surface area contributed by atoms with Crippen LogP contribution in [-0.4, -0.2) is 22.6 Å². The molecule has 154 valence electrons. The Hall–Kier alpha value is -2.33. The van der Waals surface area contributed by atoms with Crippen LogP contribution < -0.4 is 10.6 Å². The lowest BCUT2D eigenvalue weighted by Gasteiger charge is -2.20. The molecule has 0 fully saturated rings. The maximum Gasteiger partial charge on any atom is 0.132 e. The van der Waals surface area contributed by atoms with Gasteiger partial charge in [-0.3, -0.25) is 0 Å². The Morgan fingerprint density at radius 2 is 1.86 bits per heavy atom. The summed E-state index contributed by atoms with van der Waals surface area (Å²) in [4.78, 5) is 7.20. The second-order valence-electron chi connectivity index (χ2n) is 9.03. The average Bonchev–Trinajstić information content (AvgIpc) is 3.28. The van der Waals surface area contributed by atoms with Crippen LogP contribution in [-0.2, 0) is 0 Å². The molecule has 0 aliphatic carbocycles. The summed E-state index contributed by atoms with van der Waals surface area (Å²) in [6.07, 6.45) is 4.17. The molecule has 4 heteroatoms. The van der Waals surface area contributed by atoms with Gasteiger partial charge in [0.2, 0.25) is 0 Å². The van der Waals surface area contributed by atoms with Crippen molar-refractivity contribution in [3.8, 4) is 0 Å². The number of benzene rings is 1. The highest BCUT2D eigenvalue weighted by Gasteiger charge is 2.33. The molecule has 0 bridgehead atoms. The van der Waals surface area contributed by atoms with E-state index in [1.54, 1.807) is 0 Å². The Bertz CT molecular complexity index is 1030. The van der Waals surface area contributed by atoms with E-state index < -0.39 is 0 Å². The summed E-state index contributed by atoms with van der Waals surface area (Å²) in [7, 11) is 0. The van der Waals surface area contributed by atoms with Crippen LogP contribution in [0.25, 0.3) is 10.9 Å². The lowest BCUT2D eigenvalue weighted by atomic mass is 9.85. The molecule has 0 saturated heterocycles. The van der Waals surface area contributed by atoms with Crippen molar-refractivity contribution >= 4 is 16.7 Å². The summed E-state index contributed by atoms with van der Waals surface area (Å²) in [6.45, 7) is 15.3. The minimum Gasteiger partial charge on any atom is -0.356 e. The maximum atomic E-state index is 6.43. The number of likely N-dealkylation sites (N-methyl/N-ethyl adjacent to an activating group) is 1. The Morgan fingerprint density at radius 1 is 1.10 bits per heavy atom. The minimum absolute atomic E-state index is 0.00193. The van der Waals surface area contributed by atoms with Gasteiger partial charge in [0.1, 0.15) is 5.82 Å². The van der Waals surface area contributed by atoms with Crippen molar-refractivity contribution in [1.82, 2.24) is 9.55 Å². The third kappa shape index (κ3) is 3.24. The van der Waals surface area contributed by atoms with Gasteiger partial charge in [-0.15, -0.1) is 0 Å². The standard InChI is InChI=1S/C25H34N4/c1-7-28-14-22(24-19(15(2)3)8-10-27-25(24)28)18-12-21(17(6)26)20-9-11-29(16(4)5)23(20)13-18/h8-13,15-17,22H,7,14,26H2,1-6H3. The first-order valence-corrected chi connectivity index (χ1v) is 11.0. The van der Waals surface area contributed by atoms with E-state index in [0.717, 1.165) is 18.9 Å². The van der Waals surface area contributed by atoms with Gasteiger partial charge in [0.05, 0.1) is 0 Å². The zero-order chi connectivity index (χ0) is 20.9. The number of anilines is 1. The maximum absolute atomic E-state index is 6.43. The van der Waals surface area contributed by atoms with E-state index in [2.05, 4.69) is 81.5 Å². The fraction of sp³-hybridized carbons (Fsp3) is 0.480. The SMILES string of the molecule is CCN1CC(c2cc(C(C)N)c3ccn(C(C)C)c3c2)c2c(C(C)C)ccnc21. The van der Waals surface area contributed by atoms with E-state index in [1.165, 1.54) is 33.2 Å². The normalized spacial score (nSPS) is 17.6. The smallest absolute Gasteiger partial charge is 0.132 e. The zero-order valence-electron chi connectivity index (χ0n) is 18.6. The molecule has 1 aliphatic rings. The molecule has 29 heavy (non-hydrogen) atoms. The van der Waals surface area contributed by atoms with Gasteiger partial charge in [-0.25, -0.2) is 4.98 Å². The highest BCUT2D eigenvalue weighted by atomic mass is 15.2. The Labute approximate surface area is 174 Å². The van der Waals surface area contributed by atoms with Gasteiger partial charge in [-0.05, 0) is 68.5 Å². The van der Waals surface area contributed by atoms with Crippen molar-refractivity contribution in [2.75, 3.05) is 18.0 Å². The van der Waals surface area contributed by atoms with E-state index in [-0.39, 0.29) is 6.04 Å². The molecule has 3 heterocycles. The van der Waals surface area contributed by atoms with E-state index in [4.69, 9.17) is 10.7 Å². The lowest BCUT2D eigenvalue weighted by Crippen LogP contribution is -2.22. The molecule has 2 unspecified atom stereocenters. The lowest BCUT2D eigenvalue weighted by molar-refractivity contribution is 0.622. The number of hydrogen-bond donors (Lipinski definition) is 1. The van der Waals surface area contributed by atoms with Gasteiger partial charge in [-0.1, -0.05) is 19.9 Å². The molecule has 0 spiro atoms. The molecule has 0 saturated carbocycles.